The van der Waals surface area contributed by atoms with E-state index in [-0.39, 0.29) is 24.6 Å². The molecule has 0 saturated carbocycles. The van der Waals surface area contributed by atoms with Gasteiger partial charge < -0.3 is 19.1 Å². The first-order valence-corrected chi connectivity index (χ1v) is 5.58. The van der Waals surface area contributed by atoms with Crippen molar-refractivity contribution >= 4 is 5.91 Å². The van der Waals surface area contributed by atoms with Gasteiger partial charge >= 0.3 is 0 Å². The van der Waals surface area contributed by atoms with Gasteiger partial charge in [0.15, 0.2) is 11.9 Å². The van der Waals surface area contributed by atoms with Crippen LogP contribution in [0, 0.1) is 12.3 Å². The molecule has 0 aromatic rings. The van der Waals surface area contributed by atoms with Crippen LogP contribution in [-0.4, -0.2) is 55.1 Å². The van der Waals surface area contributed by atoms with E-state index < -0.39 is 11.9 Å². The standard InChI is InChI=1S/C12H17NO4/c1-5-6-13-9(10(15-4)11(13)14)8-7-16-12(2,3)17-8/h1,8-10H,6-7H2,2-4H3/t8-,9+,10-/m1/s1. The third-order valence-corrected chi connectivity index (χ3v) is 3.12. The number of likely N-dealkylation sites (tertiary alicyclic amines) is 1. The van der Waals surface area contributed by atoms with Gasteiger partial charge in [-0.25, -0.2) is 0 Å². The summed E-state index contributed by atoms with van der Waals surface area (Å²) in [7, 11) is 1.52. The van der Waals surface area contributed by atoms with E-state index in [1.54, 1.807) is 4.90 Å². The number of carbonyl (C=O) groups is 1. The van der Waals surface area contributed by atoms with Crippen LogP contribution in [0.1, 0.15) is 13.8 Å². The molecule has 2 saturated heterocycles. The molecule has 0 radical (unpaired) electrons. The maximum atomic E-state index is 11.7. The third-order valence-electron chi connectivity index (χ3n) is 3.12. The summed E-state index contributed by atoms with van der Waals surface area (Å²) < 4.78 is 16.4. The van der Waals surface area contributed by atoms with Crippen molar-refractivity contribution in [2.45, 2.75) is 37.9 Å². The van der Waals surface area contributed by atoms with Gasteiger partial charge in [-0.1, -0.05) is 5.92 Å². The van der Waals surface area contributed by atoms with Crippen molar-refractivity contribution in [3.8, 4) is 12.3 Å². The number of ether oxygens (including phenoxy) is 3. The highest BCUT2D eigenvalue weighted by atomic mass is 16.7. The topological polar surface area (TPSA) is 48.0 Å². The van der Waals surface area contributed by atoms with Gasteiger partial charge in [-0.05, 0) is 13.8 Å². The summed E-state index contributed by atoms with van der Waals surface area (Å²) in [6, 6.07) is -0.148. The van der Waals surface area contributed by atoms with Crippen LogP contribution < -0.4 is 0 Å². The molecule has 5 heteroatoms. The summed E-state index contributed by atoms with van der Waals surface area (Å²) in [6.45, 7) is 4.43. The Morgan fingerprint density at radius 2 is 2.35 bits per heavy atom. The van der Waals surface area contributed by atoms with Gasteiger partial charge in [0.1, 0.15) is 6.10 Å². The summed E-state index contributed by atoms with van der Waals surface area (Å²) in [6.07, 6.45) is 4.60. The van der Waals surface area contributed by atoms with E-state index in [0.29, 0.717) is 6.61 Å². The normalized spacial score (nSPS) is 35.5. The van der Waals surface area contributed by atoms with E-state index >= 15 is 0 Å². The van der Waals surface area contributed by atoms with E-state index in [1.807, 2.05) is 13.8 Å². The number of terminal acetylenes is 1. The van der Waals surface area contributed by atoms with Crippen molar-refractivity contribution in [3.63, 3.8) is 0 Å². The molecule has 94 valence electrons. The lowest BCUT2D eigenvalue weighted by Gasteiger charge is -2.47. The molecule has 0 aromatic carbocycles. The summed E-state index contributed by atoms with van der Waals surface area (Å²) >= 11 is 0. The second kappa shape index (κ2) is 4.30. The Kier molecular flexibility index (Phi) is 3.13. The number of methoxy groups -OCH3 is 1. The highest BCUT2D eigenvalue weighted by molar-refractivity contribution is 5.89. The lowest BCUT2D eigenvalue weighted by Crippen LogP contribution is -2.70. The number of β-lactam (4-membered cyclic amide) rings is 1. The van der Waals surface area contributed by atoms with Crippen molar-refractivity contribution in [3.05, 3.63) is 0 Å². The summed E-state index contributed by atoms with van der Waals surface area (Å²) in [5.41, 5.74) is 0. The second-order valence-corrected chi connectivity index (χ2v) is 4.68. The Balaban J connectivity index is 2.08. The van der Waals surface area contributed by atoms with Crippen LogP contribution in [-0.2, 0) is 19.0 Å². The molecule has 0 unspecified atom stereocenters. The first kappa shape index (κ1) is 12.4. The SMILES string of the molecule is C#CCN1C(=O)[C@H](OC)[C@@H]1[C@H]1COC(C)(C)O1. The van der Waals surface area contributed by atoms with Crippen molar-refractivity contribution in [2.75, 3.05) is 20.3 Å². The quantitative estimate of drug-likeness (QED) is 0.513. The lowest BCUT2D eigenvalue weighted by atomic mass is 9.92. The number of amides is 1. The third kappa shape index (κ3) is 2.04. The van der Waals surface area contributed by atoms with Crippen LogP contribution in [0.4, 0.5) is 0 Å². The lowest BCUT2D eigenvalue weighted by molar-refractivity contribution is -0.191. The molecule has 3 atom stereocenters. The molecule has 2 aliphatic rings. The predicted molar refractivity (Wildman–Crippen MR) is 60.0 cm³/mol. The fourth-order valence-electron chi connectivity index (χ4n) is 2.34. The summed E-state index contributed by atoms with van der Waals surface area (Å²) in [4.78, 5) is 13.3. The zero-order chi connectivity index (χ0) is 12.6. The van der Waals surface area contributed by atoms with E-state index in [2.05, 4.69) is 5.92 Å². The smallest absolute Gasteiger partial charge is 0.255 e. The van der Waals surface area contributed by atoms with Crippen LogP contribution in [0.25, 0.3) is 0 Å². The molecule has 2 fully saturated rings. The average molecular weight is 239 g/mol. The molecular formula is C12H17NO4. The Bertz CT molecular complexity index is 360. The molecule has 5 nitrogen and oxygen atoms in total. The first-order valence-electron chi connectivity index (χ1n) is 5.58. The van der Waals surface area contributed by atoms with Gasteiger partial charge in [-0.3, -0.25) is 4.79 Å². The first-order chi connectivity index (χ1) is 8.00. The van der Waals surface area contributed by atoms with Gasteiger partial charge in [-0.2, -0.15) is 0 Å². The van der Waals surface area contributed by atoms with Gasteiger partial charge in [0.2, 0.25) is 0 Å². The minimum atomic E-state index is -0.608. The molecule has 0 spiro atoms. The molecule has 2 heterocycles. The number of hydrogen-bond donors (Lipinski definition) is 0. The molecule has 0 aromatic heterocycles. The van der Waals surface area contributed by atoms with E-state index in [9.17, 15) is 4.79 Å². The highest BCUT2D eigenvalue weighted by Crippen LogP contribution is 2.33. The van der Waals surface area contributed by atoms with Crippen molar-refractivity contribution in [1.82, 2.24) is 4.90 Å². The molecule has 0 bridgehead atoms. The van der Waals surface area contributed by atoms with E-state index in [1.165, 1.54) is 7.11 Å². The summed E-state index contributed by atoms with van der Waals surface area (Å²) in [5.74, 6) is 1.78. The number of nitrogens with zero attached hydrogens (tertiary/aromatic N) is 1. The van der Waals surface area contributed by atoms with E-state index in [0.717, 1.165) is 0 Å². The van der Waals surface area contributed by atoms with Gasteiger partial charge in [-0.15, -0.1) is 6.42 Å². The Morgan fingerprint density at radius 3 is 2.82 bits per heavy atom. The van der Waals surface area contributed by atoms with Crippen LogP contribution in [0.2, 0.25) is 0 Å². The van der Waals surface area contributed by atoms with Crippen molar-refractivity contribution in [2.24, 2.45) is 0 Å². The minimum absolute atomic E-state index is 0.0799. The fourth-order valence-corrected chi connectivity index (χ4v) is 2.34. The van der Waals surface area contributed by atoms with Gasteiger partial charge in [0.05, 0.1) is 19.2 Å². The second-order valence-electron chi connectivity index (χ2n) is 4.68. The monoisotopic (exact) mass is 239 g/mol. The molecule has 2 rings (SSSR count). The van der Waals surface area contributed by atoms with Crippen LogP contribution in [0.15, 0.2) is 0 Å². The van der Waals surface area contributed by atoms with Crippen LogP contribution >= 0.6 is 0 Å². The maximum Gasteiger partial charge on any atom is 0.255 e. The van der Waals surface area contributed by atoms with E-state index in [4.69, 9.17) is 20.6 Å². The van der Waals surface area contributed by atoms with Crippen LogP contribution in [0.5, 0.6) is 0 Å². The van der Waals surface area contributed by atoms with Crippen LogP contribution in [0.3, 0.4) is 0 Å². The largest absolute Gasteiger partial charge is 0.369 e. The molecule has 17 heavy (non-hydrogen) atoms. The Hall–Kier alpha value is -1.09. The van der Waals surface area contributed by atoms with Crippen molar-refractivity contribution < 1.29 is 19.0 Å². The number of rotatable bonds is 3. The number of carbonyl (C=O) groups excluding carboxylic acids is 1. The fraction of sp³-hybridized carbons (Fsp3) is 0.750. The Morgan fingerprint density at radius 1 is 1.65 bits per heavy atom. The van der Waals surface area contributed by atoms with Gasteiger partial charge in [0, 0.05) is 7.11 Å². The predicted octanol–water partition coefficient (Wildman–Crippen LogP) is -0.00310. The van der Waals surface area contributed by atoms with Gasteiger partial charge in [0.25, 0.3) is 5.91 Å². The molecule has 0 N–H and O–H groups in total. The van der Waals surface area contributed by atoms with Crippen molar-refractivity contribution in [1.29, 1.82) is 0 Å². The minimum Gasteiger partial charge on any atom is -0.369 e. The zero-order valence-corrected chi connectivity index (χ0v) is 10.3. The molecule has 2 aliphatic heterocycles. The Labute approximate surface area is 101 Å². The molecule has 1 amide bonds. The zero-order valence-electron chi connectivity index (χ0n) is 10.3. The molecule has 0 aliphatic carbocycles. The maximum absolute atomic E-state index is 11.7. The average Bonchev–Trinajstić information content (AvgIpc) is 2.62. The highest BCUT2D eigenvalue weighted by Gasteiger charge is 2.54. The molecular weight excluding hydrogens is 222 g/mol. The number of hydrogen-bond acceptors (Lipinski definition) is 4. The summed E-state index contributed by atoms with van der Waals surface area (Å²) in [5, 5.41) is 0.